The van der Waals surface area contributed by atoms with Gasteiger partial charge in [0, 0.05) is 5.56 Å². The highest BCUT2D eigenvalue weighted by atomic mass is 32.2. The molecule has 5 aromatic rings. The summed E-state index contributed by atoms with van der Waals surface area (Å²) >= 11 is 1.55. The number of nitrogens with zero attached hydrogens (tertiary/aromatic N) is 4. The van der Waals surface area contributed by atoms with Crippen molar-refractivity contribution in [2.24, 2.45) is 0 Å². The van der Waals surface area contributed by atoms with Crippen molar-refractivity contribution in [3.05, 3.63) is 84.1 Å². The number of furan rings is 1. The number of benzene rings is 2. The van der Waals surface area contributed by atoms with Gasteiger partial charge >= 0.3 is 0 Å². The van der Waals surface area contributed by atoms with Crippen LogP contribution >= 0.6 is 11.8 Å². The highest BCUT2D eigenvalue weighted by molar-refractivity contribution is 7.98. The lowest BCUT2D eigenvalue weighted by molar-refractivity contribution is 0.485. The minimum atomic E-state index is 0.555. The normalized spacial score (nSPS) is 11.3. The van der Waals surface area contributed by atoms with Crippen LogP contribution in [0.25, 0.3) is 22.5 Å². The highest BCUT2D eigenvalue weighted by Gasteiger charge is 2.18. The number of para-hydroxylation sites is 2. The number of aryl methyl sites for hydroxylation is 1. The molecule has 0 radical (unpaired) electrons. The third-order valence-corrected chi connectivity index (χ3v) is 5.61. The second-order valence-electron chi connectivity index (χ2n) is 6.65. The number of hydrogen-bond donors (Lipinski definition) is 0. The predicted octanol–water partition coefficient (Wildman–Crippen LogP) is 5.33. The largest absolute Gasteiger partial charge is 0.467 e. The Hall–Kier alpha value is -3.32. The minimum Gasteiger partial charge on any atom is -0.467 e. The molecule has 7 heteroatoms. The zero-order valence-corrected chi connectivity index (χ0v) is 16.6. The van der Waals surface area contributed by atoms with Crippen LogP contribution in [0.2, 0.25) is 0 Å². The van der Waals surface area contributed by atoms with Crippen LogP contribution in [0.15, 0.2) is 80.9 Å². The Morgan fingerprint density at radius 1 is 0.966 bits per heavy atom. The lowest BCUT2D eigenvalue weighted by Gasteiger charge is -2.10. The summed E-state index contributed by atoms with van der Waals surface area (Å²) in [5.41, 5.74) is 3.86. The van der Waals surface area contributed by atoms with E-state index in [-0.39, 0.29) is 0 Å². The Bertz CT molecular complexity index is 1220. The summed E-state index contributed by atoms with van der Waals surface area (Å²) < 4.78 is 13.5. The van der Waals surface area contributed by atoms with Gasteiger partial charge in [-0.1, -0.05) is 48.2 Å². The molecule has 29 heavy (non-hydrogen) atoms. The van der Waals surface area contributed by atoms with Crippen LogP contribution in [-0.2, 0) is 12.3 Å². The van der Waals surface area contributed by atoms with E-state index in [0.717, 1.165) is 39.0 Å². The van der Waals surface area contributed by atoms with Crippen LogP contribution in [-0.4, -0.2) is 19.7 Å². The molecule has 0 saturated carbocycles. The topological polar surface area (TPSA) is 69.9 Å². The van der Waals surface area contributed by atoms with Gasteiger partial charge in [-0.3, -0.25) is 4.57 Å². The fourth-order valence-electron chi connectivity index (χ4n) is 3.23. The summed E-state index contributed by atoms with van der Waals surface area (Å²) in [5, 5.41) is 9.72. The van der Waals surface area contributed by atoms with Crippen LogP contribution in [0, 0.1) is 6.92 Å². The lowest BCUT2D eigenvalue weighted by Crippen LogP contribution is -2.04. The maximum absolute atomic E-state index is 5.84. The summed E-state index contributed by atoms with van der Waals surface area (Å²) in [6.45, 7) is 2.63. The van der Waals surface area contributed by atoms with E-state index in [1.165, 1.54) is 0 Å². The molecular weight excluding hydrogens is 384 g/mol. The molecule has 0 unspecified atom stereocenters. The minimum absolute atomic E-state index is 0.555. The first-order valence-electron chi connectivity index (χ1n) is 9.27. The lowest BCUT2D eigenvalue weighted by atomic mass is 10.1. The van der Waals surface area contributed by atoms with Crippen LogP contribution < -0.4 is 0 Å². The molecule has 3 aromatic heterocycles. The second-order valence-corrected chi connectivity index (χ2v) is 7.59. The Labute approximate surface area is 171 Å². The van der Waals surface area contributed by atoms with Crippen LogP contribution in [0.5, 0.6) is 0 Å². The molecule has 0 amide bonds. The molecule has 0 aliphatic rings. The molecule has 0 bridgehead atoms. The van der Waals surface area contributed by atoms with Crippen molar-refractivity contribution in [2.45, 2.75) is 24.4 Å². The number of aromatic nitrogens is 4. The second kappa shape index (κ2) is 7.60. The molecule has 0 aliphatic carbocycles. The standard InChI is InChI=1S/C22H18N4O2S/c1-15-7-2-3-9-17(15)21-24-25-22(26(21)13-16-8-6-12-27-16)29-14-20-23-18-10-4-5-11-19(18)28-20/h2-12H,13-14H2,1H3. The maximum atomic E-state index is 5.84. The van der Waals surface area contributed by atoms with E-state index in [9.17, 15) is 0 Å². The summed E-state index contributed by atoms with van der Waals surface area (Å²) in [6.07, 6.45) is 1.68. The Morgan fingerprint density at radius 2 is 1.83 bits per heavy atom. The van der Waals surface area contributed by atoms with Gasteiger partial charge in [-0.25, -0.2) is 4.98 Å². The first-order valence-corrected chi connectivity index (χ1v) is 10.3. The predicted molar refractivity (Wildman–Crippen MR) is 112 cm³/mol. The van der Waals surface area contributed by atoms with Gasteiger partial charge in [0.05, 0.1) is 18.6 Å². The van der Waals surface area contributed by atoms with Gasteiger partial charge in [0.1, 0.15) is 11.3 Å². The van der Waals surface area contributed by atoms with E-state index in [1.807, 2.05) is 48.5 Å². The number of rotatable bonds is 6. The van der Waals surface area contributed by atoms with E-state index in [4.69, 9.17) is 8.83 Å². The van der Waals surface area contributed by atoms with E-state index in [2.05, 4.69) is 38.8 Å². The van der Waals surface area contributed by atoms with Gasteiger partial charge in [0.15, 0.2) is 16.6 Å². The Morgan fingerprint density at radius 3 is 2.66 bits per heavy atom. The van der Waals surface area contributed by atoms with E-state index < -0.39 is 0 Å². The monoisotopic (exact) mass is 402 g/mol. The van der Waals surface area contributed by atoms with Crippen molar-refractivity contribution in [3.8, 4) is 11.4 Å². The molecule has 144 valence electrons. The molecule has 2 aromatic carbocycles. The summed E-state index contributed by atoms with van der Waals surface area (Å²) in [7, 11) is 0. The molecule has 0 saturated heterocycles. The molecule has 6 nitrogen and oxygen atoms in total. The third kappa shape index (κ3) is 3.56. The van der Waals surface area contributed by atoms with Gasteiger partial charge in [-0.05, 0) is 36.8 Å². The number of thioether (sulfide) groups is 1. The van der Waals surface area contributed by atoms with Crippen molar-refractivity contribution >= 4 is 22.9 Å². The zero-order chi connectivity index (χ0) is 19.6. The Kier molecular flexibility index (Phi) is 4.65. The molecule has 0 aliphatic heterocycles. The molecule has 5 rings (SSSR count). The molecule has 0 atom stereocenters. The first kappa shape index (κ1) is 17.8. The van der Waals surface area contributed by atoms with Gasteiger partial charge in [0.25, 0.3) is 0 Å². The SMILES string of the molecule is Cc1ccccc1-c1nnc(SCc2nc3ccccc3o2)n1Cc1ccco1. The van der Waals surface area contributed by atoms with Crippen LogP contribution in [0.3, 0.4) is 0 Å². The maximum Gasteiger partial charge on any atom is 0.205 e. The third-order valence-electron chi connectivity index (χ3n) is 4.66. The average Bonchev–Trinajstić information content (AvgIpc) is 3.47. The molecule has 3 heterocycles. The number of fused-ring (bicyclic) bond motifs is 1. The molecular formula is C22H18N4O2S. The van der Waals surface area contributed by atoms with Crippen molar-refractivity contribution in [3.63, 3.8) is 0 Å². The van der Waals surface area contributed by atoms with Crippen LogP contribution in [0.4, 0.5) is 0 Å². The number of oxazole rings is 1. The summed E-state index contributed by atoms with van der Waals surface area (Å²) in [4.78, 5) is 4.55. The molecule has 0 N–H and O–H groups in total. The fourth-order valence-corrected chi connectivity index (χ4v) is 4.01. The van der Waals surface area contributed by atoms with Crippen molar-refractivity contribution in [2.75, 3.05) is 0 Å². The van der Waals surface area contributed by atoms with Gasteiger partial charge < -0.3 is 8.83 Å². The van der Waals surface area contributed by atoms with Crippen molar-refractivity contribution in [1.29, 1.82) is 0 Å². The molecule has 0 spiro atoms. The summed E-state index contributed by atoms with van der Waals surface area (Å²) in [5.74, 6) is 2.91. The van der Waals surface area contributed by atoms with Gasteiger partial charge in [0.2, 0.25) is 5.89 Å². The first-order chi connectivity index (χ1) is 14.3. The van der Waals surface area contributed by atoms with Crippen LogP contribution in [0.1, 0.15) is 17.2 Å². The van der Waals surface area contributed by atoms with E-state index in [0.29, 0.717) is 18.2 Å². The average molecular weight is 402 g/mol. The van der Waals surface area contributed by atoms with Gasteiger partial charge in [-0.2, -0.15) is 0 Å². The van der Waals surface area contributed by atoms with Crippen molar-refractivity contribution < 1.29 is 8.83 Å². The smallest absolute Gasteiger partial charge is 0.205 e. The zero-order valence-electron chi connectivity index (χ0n) is 15.8. The molecule has 0 fully saturated rings. The quantitative estimate of drug-likeness (QED) is 0.358. The Balaban J connectivity index is 1.47. The van der Waals surface area contributed by atoms with Crippen molar-refractivity contribution in [1.82, 2.24) is 19.7 Å². The highest BCUT2D eigenvalue weighted by Crippen LogP contribution is 2.29. The van der Waals surface area contributed by atoms with E-state index >= 15 is 0 Å². The summed E-state index contributed by atoms with van der Waals surface area (Å²) in [6, 6.07) is 19.8. The fraction of sp³-hybridized carbons (Fsp3) is 0.136. The number of hydrogen-bond acceptors (Lipinski definition) is 6. The van der Waals surface area contributed by atoms with Gasteiger partial charge in [-0.15, -0.1) is 10.2 Å². The van der Waals surface area contributed by atoms with E-state index in [1.54, 1.807) is 18.0 Å².